The highest BCUT2D eigenvalue weighted by atomic mass is 31.2. The summed E-state index contributed by atoms with van der Waals surface area (Å²) in [6.45, 7) is 1.15. The summed E-state index contributed by atoms with van der Waals surface area (Å²) in [5.74, 6) is 0.325. The van der Waals surface area contributed by atoms with Gasteiger partial charge in [0.05, 0.1) is 33.8 Å². The van der Waals surface area contributed by atoms with E-state index in [0.717, 1.165) is 6.42 Å². The highest BCUT2D eigenvalue weighted by Crippen LogP contribution is 2.56. The summed E-state index contributed by atoms with van der Waals surface area (Å²) in [7, 11) is -3.28. The zero-order valence-electron chi connectivity index (χ0n) is 14.8. The van der Waals surface area contributed by atoms with Gasteiger partial charge in [0.1, 0.15) is 0 Å². The van der Waals surface area contributed by atoms with E-state index in [-0.39, 0.29) is 31.0 Å². The Morgan fingerprint density at radius 1 is 1.35 bits per heavy atom. The summed E-state index contributed by atoms with van der Waals surface area (Å²) < 4.78 is 58.0. The van der Waals surface area contributed by atoms with Crippen molar-refractivity contribution in [2.24, 2.45) is 11.8 Å². The molecule has 3 saturated heterocycles. The summed E-state index contributed by atoms with van der Waals surface area (Å²) in [6, 6.07) is 0. The average Bonchev–Trinajstić information content (AvgIpc) is 3.00. The zero-order chi connectivity index (χ0) is 16.6. The molecule has 0 bridgehead atoms. The Hall–Kier alpha value is 0.0700. The van der Waals surface area contributed by atoms with Gasteiger partial charge in [-0.3, -0.25) is 4.57 Å². The Bertz CT molecular complexity index is 468. The van der Waals surface area contributed by atoms with Crippen molar-refractivity contribution in [3.8, 4) is 0 Å². The van der Waals surface area contributed by atoms with Gasteiger partial charge in [0.2, 0.25) is 0 Å². The Kier molecular flexibility index (Phi) is 3.52. The third-order valence-electron chi connectivity index (χ3n) is 4.29. The van der Waals surface area contributed by atoms with Gasteiger partial charge < -0.3 is 18.5 Å². The smallest absolute Gasteiger partial charge is 0.331 e. The summed E-state index contributed by atoms with van der Waals surface area (Å²) in [4.78, 5) is 0. The molecule has 3 heterocycles. The SMILES string of the molecule is [2H]C[C@H]1O[C@@H]([3H])C[C@@H]1O[P@@]1(=O)C[C@H]([C@H]2O[C@@H]([3H])C[C@@H]2C)CCO1. The van der Waals surface area contributed by atoms with E-state index in [4.69, 9.17) is 22.6 Å². The van der Waals surface area contributed by atoms with Gasteiger partial charge >= 0.3 is 7.60 Å². The van der Waals surface area contributed by atoms with Crippen molar-refractivity contribution in [1.29, 1.82) is 0 Å². The number of hydrogen-bond acceptors (Lipinski definition) is 5. The molecule has 0 N–H and O–H groups in total. The fraction of sp³-hybridized carbons (Fsp3) is 1.00. The van der Waals surface area contributed by atoms with Crippen LogP contribution in [0.3, 0.4) is 0 Å². The maximum Gasteiger partial charge on any atom is 0.331 e. The predicted octanol–water partition coefficient (Wildman–Crippen LogP) is 2.84. The zero-order valence-corrected chi connectivity index (χ0v) is 12.7. The molecule has 116 valence electrons. The Morgan fingerprint density at radius 2 is 2.20 bits per heavy atom. The van der Waals surface area contributed by atoms with Gasteiger partial charge in [0, 0.05) is 21.0 Å². The summed E-state index contributed by atoms with van der Waals surface area (Å²) in [6.07, 6.45) is 0.918. The maximum atomic E-state index is 13.0. The van der Waals surface area contributed by atoms with Crippen LogP contribution in [-0.4, -0.2) is 44.2 Å². The first-order valence-electron chi connectivity index (χ1n) is 9.13. The number of ether oxygens (including phenoxy) is 2. The van der Waals surface area contributed by atoms with Crippen molar-refractivity contribution < 1.29 is 27.2 Å². The van der Waals surface area contributed by atoms with Gasteiger partial charge in [-0.2, -0.15) is 0 Å². The van der Waals surface area contributed by atoms with Crippen molar-refractivity contribution in [2.45, 2.75) is 51.4 Å². The molecule has 3 fully saturated rings. The summed E-state index contributed by atoms with van der Waals surface area (Å²) >= 11 is 0. The van der Waals surface area contributed by atoms with E-state index in [1.165, 1.54) is 0 Å². The summed E-state index contributed by atoms with van der Waals surface area (Å²) in [5, 5.41) is 0. The molecule has 0 aromatic carbocycles. The van der Waals surface area contributed by atoms with Crippen LogP contribution in [-0.2, 0) is 23.1 Å². The molecular formula is C14H25O5P. The van der Waals surface area contributed by atoms with Gasteiger partial charge in [0.25, 0.3) is 0 Å². The van der Waals surface area contributed by atoms with E-state index in [9.17, 15) is 4.57 Å². The van der Waals surface area contributed by atoms with Crippen molar-refractivity contribution >= 4 is 7.60 Å². The third kappa shape index (κ3) is 3.12. The fourth-order valence-electron chi connectivity index (χ4n) is 3.11. The molecule has 3 rings (SSSR count). The average molecular weight is 309 g/mol. The van der Waals surface area contributed by atoms with Crippen LogP contribution in [0.5, 0.6) is 0 Å². The second kappa shape index (κ2) is 6.05. The van der Waals surface area contributed by atoms with Gasteiger partial charge in [-0.25, -0.2) is 0 Å². The monoisotopic (exact) mass is 309 g/mol. The lowest BCUT2D eigenvalue weighted by molar-refractivity contribution is 0.0207. The molecule has 5 nitrogen and oxygen atoms in total. The molecular weight excluding hydrogens is 279 g/mol. The van der Waals surface area contributed by atoms with E-state index in [1.807, 2.05) is 0 Å². The van der Waals surface area contributed by atoms with Crippen LogP contribution >= 0.6 is 7.60 Å². The highest BCUT2D eigenvalue weighted by molar-refractivity contribution is 7.53. The number of rotatable bonds is 3. The second-order valence-corrected chi connectivity index (χ2v) is 7.93. The molecule has 8 atom stereocenters. The van der Waals surface area contributed by atoms with E-state index in [0.29, 0.717) is 19.4 Å². The molecule has 3 aliphatic rings. The highest BCUT2D eigenvalue weighted by Gasteiger charge is 2.43. The molecule has 20 heavy (non-hydrogen) atoms. The van der Waals surface area contributed by atoms with Crippen LogP contribution in [0, 0.1) is 11.8 Å². The van der Waals surface area contributed by atoms with Crippen LogP contribution < -0.4 is 0 Å². The largest absolute Gasteiger partial charge is 0.378 e. The lowest BCUT2D eigenvalue weighted by Crippen LogP contribution is -2.33. The van der Waals surface area contributed by atoms with Crippen LogP contribution in [0.4, 0.5) is 0 Å². The lowest BCUT2D eigenvalue weighted by Gasteiger charge is -2.34. The normalized spacial score (nSPS) is 59.0. The first kappa shape index (κ1) is 11.6. The topological polar surface area (TPSA) is 54.0 Å². The molecule has 3 aliphatic heterocycles. The van der Waals surface area contributed by atoms with E-state index in [1.54, 1.807) is 0 Å². The molecule has 0 amide bonds. The maximum absolute atomic E-state index is 13.0. The fourth-order valence-corrected chi connectivity index (χ4v) is 5.34. The summed E-state index contributed by atoms with van der Waals surface area (Å²) in [5.41, 5.74) is 0. The molecule has 0 spiro atoms. The van der Waals surface area contributed by atoms with Gasteiger partial charge in [-0.1, -0.05) is 6.92 Å². The first-order valence-corrected chi connectivity index (χ1v) is 8.99. The molecule has 0 aromatic rings. The Morgan fingerprint density at radius 3 is 2.95 bits per heavy atom. The third-order valence-corrected chi connectivity index (χ3v) is 6.38. The van der Waals surface area contributed by atoms with Crippen LogP contribution in [0.2, 0.25) is 0 Å². The Balaban J connectivity index is 1.64. The first-order chi connectivity index (χ1) is 10.9. The number of hydrogen-bond donors (Lipinski definition) is 0. The van der Waals surface area contributed by atoms with E-state index < -0.39 is 33.0 Å². The second-order valence-electron chi connectivity index (χ2n) is 5.88. The van der Waals surface area contributed by atoms with Crippen molar-refractivity contribution in [3.05, 3.63) is 0 Å². The lowest BCUT2D eigenvalue weighted by atomic mass is 9.91. The molecule has 0 radical (unpaired) electrons. The minimum absolute atomic E-state index is 0.0211. The van der Waals surface area contributed by atoms with E-state index >= 15 is 0 Å². The van der Waals surface area contributed by atoms with Gasteiger partial charge in [0.15, 0.2) is 0 Å². The minimum Gasteiger partial charge on any atom is -0.378 e. The standard InChI is InChI=1S/C14H25O5P/c1-10-3-6-17-14(10)12-4-8-18-20(15,9-12)19-13-5-7-16-11(13)2/h10-14H,3-9H2,1-2H3/t10-,11+,12+,13-,14-,20+/m0/s1/i2D,6T,7T/t6-,7-,10-,11+,12+,13-,14-,20+. The minimum atomic E-state index is -3.28. The van der Waals surface area contributed by atoms with Crippen LogP contribution in [0.1, 0.15) is 37.2 Å². The molecule has 6 heteroatoms. The predicted molar refractivity (Wildman–Crippen MR) is 75.0 cm³/mol. The molecule has 0 aromatic heterocycles. The molecule has 0 saturated carbocycles. The molecule has 0 aliphatic carbocycles. The molecule has 0 unspecified atom stereocenters. The van der Waals surface area contributed by atoms with Crippen molar-refractivity contribution in [2.75, 3.05) is 25.9 Å². The van der Waals surface area contributed by atoms with Crippen LogP contribution in [0.15, 0.2) is 0 Å². The quantitative estimate of drug-likeness (QED) is 0.750. The van der Waals surface area contributed by atoms with Gasteiger partial charge in [-0.15, -0.1) is 0 Å². The van der Waals surface area contributed by atoms with E-state index in [2.05, 4.69) is 6.92 Å². The van der Waals surface area contributed by atoms with Gasteiger partial charge in [-0.05, 0) is 31.6 Å². The van der Waals surface area contributed by atoms with Crippen molar-refractivity contribution in [1.82, 2.24) is 0 Å². The van der Waals surface area contributed by atoms with Crippen LogP contribution in [0.25, 0.3) is 0 Å². The van der Waals surface area contributed by atoms with Crippen molar-refractivity contribution in [3.63, 3.8) is 0 Å². The Labute approximate surface area is 125 Å².